The van der Waals surface area contributed by atoms with Crippen molar-refractivity contribution in [3.63, 3.8) is 0 Å². The third-order valence-electron chi connectivity index (χ3n) is 5.35. The van der Waals surface area contributed by atoms with Gasteiger partial charge in [0.15, 0.2) is 5.65 Å². The lowest BCUT2D eigenvalue weighted by Gasteiger charge is -2.29. The predicted octanol–water partition coefficient (Wildman–Crippen LogP) is 1.01. The van der Waals surface area contributed by atoms with Gasteiger partial charge in [-0.15, -0.1) is 0 Å². The Morgan fingerprint density at radius 2 is 2.27 bits per heavy atom. The molecule has 2 aliphatic heterocycles. The molecule has 9 heteroatoms. The Morgan fingerprint density at radius 1 is 1.42 bits per heavy atom. The second-order valence-electron chi connectivity index (χ2n) is 7.13. The lowest BCUT2D eigenvalue weighted by atomic mass is 9.90. The minimum atomic E-state index is 0.119. The monoisotopic (exact) mass is 356 g/mol. The van der Waals surface area contributed by atoms with Gasteiger partial charge >= 0.3 is 0 Å². The molecular formula is C17H24N8O. The summed E-state index contributed by atoms with van der Waals surface area (Å²) in [5.74, 6) is 1.04. The molecule has 4 rings (SSSR count). The Labute approximate surface area is 151 Å². The first kappa shape index (κ1) is 16.8. The van der Waals surface area contributed by atoms with Gasteiger partial charge in [0.2, 0.25) is 0 Å². The fraction of sp³-hybridized carbons (Fsp3) is 0.529. The van der Waals surface area contributed by atoms with E-state index in [9.17, 15) is 0 Å². The molecule has 1 fully saturated rings. The number of nitrogens with zero attached hydrogens (tertiary/aromatic N) is 6. The van der Waals surface area contributed by atoms with Crippen LogP contribution >= 0.6 is 0 Å². The van der Waals surface area contributed by atoms with Gasteiger partial charge in [-0.05, 0) is 19.8 Å². The van der Waals surface area contributed by atoms with Crippen molar-refractivity contribution in [2.45, 2.75) is 37.6 Å². The van der Waals surface area contributed by atoms with E-state index in [1.807, 2.05) is 37.5 Å². The maximum atomic E-state index is 8.95. The molecule has 2 aliphatic rings. The van der Waals surface area contributed by atoms with Crippen LogP contribution < -0.4 is 11.1 Å². The standard InChI is InChI=1S/C17H24N8O/c1-10(23-26)14-4-3-11(6-19-14)15-5-16(18)25-17(22-15)13(8-21-25)12-7-20-24(2)9-12/h5,7-8,11-12,14,19,26H,3-4,6,9,18H2,1-2H3/b23-10+/t11-,12?,14-/m0/s1. The molecule has 4 heterocycles. The molecule has 2 aromatic heterocycles. The van der Waals surface area contributed by atoms with Crippen LogP contribution in [0.5, 0.6) is 0 Å². The summed E-state index contributed by atoms with van der Waals surface area (Å²) in [5.41, 5.74) is 9.80. The molecule has 0 spiro atoms. The average Bonchev–Trinajstić information content (AvgIpc) is 3.27. The fourth-order valence-electron chi connectivity index (χ4n) is 3.78. The van der Waals surface area contributed by atoms with Crippen LogP contribution in [-0.2, 0) is 0 Å². The van der Waals surface area contributed by atoms with Gasteiger partial charge in [0, 0.05) is 55.9 Å². The molecule has 3 atom stereocenters. The molecule has 4 N–H and O–H groups in total. The zero-order valence-electron chi connectivity index (χ0n) is 15.0. The van der Waals surface area contributed by atoms with Crippen molar-refractivity contribution in [2.75, 3.05) is 25.9 Å². The van der Waals surface area contributed by atoms with Crippen molar-refractivity contribution in [1.29, 1.82) is 0 Å². The van der Waals surface area contributed by atoms with E-state index in [2.05, 4.69) is 20.7 Å². The normalized spacial score (nSPS) is 26.8. The van der Waals surface area contributed by atoms with Gasteiger partial charge < -0.3 is 16.3 Å². The number of oxime groups is 1. The molecule has 0 radical (unpaired) electrons. The van der Waals surface area contributed by atoms with Crippen molar-refractivity contribution < 1.29 is 5.21 Å². The summed E-state index contributed by atoms with van der Waals surface area (Å²) in [7, 11) is 1.96. The van der Waals surface area contributed by atoms with Gasteiger partial charge in [-0.3, -0.25) is 5.01 Å². The third-order valence-corrected chi connectivity index (χ3v) is 5.35. The summed E-state index contributed by atoms with van der Waals surface area (Å²) < 4.78 is 1.70. The third kappa shape index (κ3) is 2.88. The highest BCUT2D eigenvalue weighted by Crippen LogP contribution is 2.29. The summed E-state index contributed by atoms with van der Waals surface area (Å²) >= 11 is 0. The van der Waals surface area contributed by atoms with E-state index in [0.29, 0.717) is 11.5 Å². The van der Waals surface area contributed by atoms with E-state index in [-0.39, 0.29) is 17.9 Å². The predicted molar refractivity (Wildman–Crippen MR) is 99.9 cm³/mol. The number of nitrogens with two attached hydrogens (primary N) is 1. The van der Waals surface area contributed by atoms with E-state index in [0.717, 1.165) is 42.8 Å². The number of hydrogen-bond acceptors (Lipinski definition) is 8. The van der Waals surface area contributed by atoms with Gasteiger partial charge in [-0.1, -0.05) is 5.16 Å². The van der Waals surface area contributed by atoms with Crippen LogP contribution in [0.15, 0.2) is 22.5 Å². The topological polar surface area (TPSA) is 116 Å². The van der Waals surface area contributed by atoms with Crippen LogP contribution in [-0.4, -0.2) is 62.9 Å². The maximum Gasteiger partial charge on any atom is 0.161 e. The fourth-order valence-corrected chi connectivity index (χ4v) is 3.78. The van der Waals surface area contributed by atoms with E-state index >= 15 is 0 Å². The van der Waals surface area contributed by atoms with Gasteiger partial charge in [-0.2, -0.15) is 14.7 Å². The first-order chi connectivity index (χ1) is 12.6. The smallest absolute Gasteiger partial charge is 0.161 e. The molecule has 0 bridgehead atoms. The van der Waals surface area contributed by atoms with Crippen molar-refractivity contribution in [1.82, 2.24) is 24.9 Å². The number of nitrogens with one attached hydrogen (secondary N) is 1. The minimum absolute atomic E-state index is 0.119. The summed E-state index contributed by atoms with van der Waals surface area (Å²) in [6, 6.07) is 2.03. The molecule has 9 nitrogen and oxygen atoms in total. The molecule has 1 saturated heterocycles. The number of hydrazone groups is 1. The molecule has 138 valence electrons. The summed E-state index contributed by atoms with van der Waals surface area (Å²) in [4.78, 5) is 4.90. The largest absolute Gasteiger partial charge is 0.411 e. The molecule has 2 aromatic rings. The Bertz CT molecular complexity index is 865. The van der Waals surface area contributed by atoms with E-state index in [1.165, 1.54) is 0 Å². The van der Waals surface area contributed by atoms with E-state index < -0.39 is 0 Å². The number of fused-ring (bicyclic) bond motifs is 1. The number of hydrogen-bond donors (Lipinski definition) is 3. The maximum absolute atomic E-state index is 8.95. The Morgan fingerprint density at radius 3 is 2.92 bits per heavy atom. The van der Waals surface area contributed by atoms with E-state index in [4.69, 9.17) is 15.9 Å². The zero-order chi connectivity index (χ0) is 18.3. The van der Waals surface area contributed by atoms with Crippen LogP contribution in [0, 0.1) is 0 Å². The first-order valence-electron chi connectivity index (χ1n) is 8.88. The average molecular weight is 356 g/mol. The highest BCUT2D eigenvalue weighted by Gasteiger charge is 2.27. The van der Waals surface area contributed by atoms with E-state index in [1.54, 1.807) is 4.52 Å². The number of nitrogen functional groups attached to an aromatic ring is 1. The van der Waals surface area contributed by atoms with Crippen molar-refractivity contribution in [3.8, 4) is 0 Å². The highest BCUT2D eigenvalue weighted by molar-refractivity contribution is 5.86. The molecule has 0 saturated carbocycles. The number of likely N-dealkylation sites (N-methyl/N-ethyl adjacent to an activating group) is 1. The van der Waals surface area contributed by atoms with Crippen LogP contribution in [0.25, 0.3) is 5.65 Å². The molecule has 0 amide bonds. The number of anilines is 1. The highest BCUT2D eigenvalue weighted by atomic mass is 16.4. The van der Waals surface area contributed by atoms with Crippen molar-refractivity contribution >= 4 is 23.4 Å². The summed E-state index contributed by atoms with van der Waals surface area (Å²) in [6.07, 6.45) is 5.64. The van der Waals surface area contributed by atoms with Gasteiger partial charge in [-0.25, -0.2) is 4.98 Å². The molecular weight excluding hydrogens is 332 g/mol. The number of aromatic nitrogens is 3. The first-order valence-corrected chi connectivity index (χ1v) is 8.88. The lowest BCUT2D eigenvalue weighted by molar-refractivity contribution is 0.311. The summed E-state index contributed by atoms with van der Waals surface area (Å²) in [6.45, 7) is 3.43. The molecule has 0 aromatic carbocycles. The second kappa shape index (κ2) is 6.56. The van der Waals surface area contributed by atoms with Crippen LogP contribution in [0.1, 0.15) is 42.9 Å². The van der Waals surface area contributed by atoms with Gasteiger partial charge in [0.1, 0.15) is 5.82 Å². The minimum Gasteiger partial charge on any atom is -0.411 e. The molecule has 26 heavy (non-hydrogen) atoms. The van der Waals surface area contributed by atoms with Gasteiger partial charge in [0.05, 0.1) is 17.6 Å². The Hall–Kier alpha value is -2.68. The SMILES string of the molecule is C/C(=N\O)[C@@H]1CC[C@H](c2cc(N)n3ncc(C4C=NN(C)C4)c3n2)CN1. The zero-order valence-corrected chi connectivity index (χ0v) is 15.0. The molecule has 0 aliphatic carbocycles. The Balaban J connectivity index is 1.62. The second-order valence-corrected chi connectivity index (χ2v) is 7.13. The van der Waals surface area contributed by atoms with Crippen molar-refractivity contribution in [3.05, 3.63) is 23.5 Å². The number of piperidine rings is 1. The number of rotatable bonds is 3. The van der Waals surface area contributed by atoms with Gasteiger partial charge in [0.25, 0.3) is 0 Å². The summed E-state index contributed by atoms with van der Waals surface area (Å²) in [5, 5.41) is 26.3. The van der Waals surface area contributed by atoms with Crippen LogP contribution in [0.4, 0.5) is 5.82 Å². The lowest BCUT2D eigenvalue weighted by Crippen LogP contribution is -2.42. The Kier molecular flexibility index (Phi) is 4.23. The van der Waals surface area contributed by atoms with Crippen LogP contribution in [0.2, 0.25) is 0 Å². The van der Waals surface area contributed by atoms with Crippen LogP contribution in [0.3, 0.4) is 0 Å². The molecule has 1 unspecified atom stereocenters. The van der Waals surface area contributed by atoms with Crippen molar-refractivity contribution in [2.24, 2.45) is 10.3 Å². The quantitative estimate of drug-likeness (QED) is 0.429.